The Kier molecular flexibility index (Phi) is 5.86. The van der Waals surface area contributed by atoms with Gasteiger partial charge in [0.05, 0.1) is 12.6 Å². The molecule has 0 amide bonds. The van der Waals surface area contributed by atoms with Crippen LogP contribution in [-0.2, 0) is 4.74 Å². The zero-order valence-corrected chi connectivity index (χ0v) is 9.95. The van der Waals surface area contributed by atoms with Crippen LogP contribution in [0.1, 0.15) is 18.5 Å². The Balaban J connectivity index is 2.85. The van der Waals surface area contributed by atoms with Crippen LogP contribution < -0.4 is 10.1 Å². The quantitative estimate of drug-likeness (QED) is 0.801. The highest BCUT2D eigenvalue weighted by molar-refractivity contribution is 5.36. The van der Waals surface area contributed by atoms with Crippen molar-refractivity contribution in [1.29, 1.82) is 0 Å². The molecule has 0 bridgehead atoms. The summed E-state index contributed by atoms with van der Waals surface area (Å²) in [6, 6.07) is 6.55. The molecular weight excluding hydrogens is 228 g/mol. The molecule has 5 heteroatoms. The number of hydrogen-bond acceptors (Lipinski definition) is 3. The lowest BCUT2D eigenvalue weighted by molar-refractivity contribution is -0.0509. The Hall–Kier alpha value is -1.20. The van der Waals surface area contributed by atoms with Crippen molar-refractivity contribution in [3.05, 3.63) is 29.8 Å². The predicted molar refractivity (Wildman–Crippen MR) is 61.4 cm³/mol. The summed E-state index contributed by atoms with van der Waals surface area (Å²) in [5.74, 6) is 0.182. The van der Waals surface area contributed by atoms with Gasteiger partial charge in [-0.25, -0.2) is 0 Å². The van der Waals surface area contributed by atoms with Gasteiger partial charge in [-0.3, -0.25) is 0 Å². The van der Waals surface area contributed by atoms with Crippen LogP contribution in [0.4, 0.5) is 8.78 Å². The van der Waals surface area contributed by atoms with Crippen molar-refractivity contribution in [2.45, 2.75) is 19.6 Å². The van der Waals surface area contributed by atoms with Crippen LogP contribution in [0.5, 0.6) is 5.75 Å². The van der Waals surface area contributed by atoms with E-state index in [1.165, 1.54) is 6.07 Å². The number of alkyl halides is 2. The molecule has 1 N–H and O–H groups in total. The molecule has 0 heterocycles. The third-order valence-corrected chi connectivity index (χ3v) is 2.35. The molecule has 17 heavy (non-hydrogen) atoms. The Morgan fingerprint density at radius 3 is 2.59 bits per heavy atom. The molecule has 1 aromatic rings. The fourth-order valence-corrected chi connectivity index (χ4v) is 1.54. The molecule has 1 unspecified atom stereocenters. The lowest BCUT2D eigenvalue weighted by atomic mass is 10.1. The number of nitrogens with one attached hydrogen (secondary N) is 1. The van der Waals surface area contributed by atoms with Crippen LogP contribution in [-0.4, -0.2) is 26.9 Å². The second kappa shape index (κ2) is 7.19. The maximum atomic E-state index is 12.2. The van der Waals surface area contributed by atoms with Crippen molar-refractivity contribution >= 4 is 0 Å². The Labute approximate surface area is 99.7 Å². The molecule has 1 atom stereocenters. The molecular formula is C12H17F2NO2. The van der Waals surface area contributed by atoms with Gasteiger partial charge >= 0.3 is 6.61 Å². The highest BCUT2D eigenvalue weighted by Crippen LogP contribution is 2.26. The summed E-state index contributed by atoms with van der Waals surface area (Å²) < 4.78 is 34.3. The zero-order chi connectivity index (χ0) is 12.7. The summed E-state index contributed by atoms with van der Waals surface area (Å²) in [5.41, 5.74) is 0.670. The van der Waals surface area contributed by atoms with Crippen LogP contribution in [0.25, 0.3) is 0 Å². The van der Waals surface area contributed by atoms with Gasteiger partial charge in [0, 0.05) is 12.2 Å². The van der Waals surface area contributed by atoms with E-state index in [-0.39, 0.29) is 11.8 Å². The molecule has 96 valence electrons. The molecule has 0 aliphatic carbocycles. The molecule has 0 fully saturated rings. The fraction of sp³-hybridized carbons (Fsp3) is 0.500. The van der Waals surface area contributed by atoms with Gasteiger partial charge in [0.2, 0.25) is 0 Å². The van der Waals surface area contributed by atoms with E-state index < -0.39 is 6.61 Å². The highest BCUT2D eigenvalue weighted by Gasteiger charge is 2.16. The average Bonchev–Trinajstić information content (AvgIpc) is 2.31. The minimum Gasteiger partial charge on any atom is -0.434 e. The first-order chi connectivity index (χ1) is 8.19. The van der Waals surface area contributed by atoms with Gasteiger partial charge in [-0.2, -0.15) is 8.78 Å². The maximum Gasteiger partial charge on any atom is 0.387 e. The van der Waals surface area contributed by atoms with Gasteiger partial charge in [0.25, 0.3) is 0 Å². The standard InChI is InChI=1S/C12H17F2NO2/c1-3-16-8-10(15-2)9-6-4-5-7-11(9)17-12(13)14/h4-7,10,12,15H,3,8H2,1-2H3. The molecule has 0 aromatic heterocycles. The normalized spacial score (nSPS) is 12.8. The summed E-state index contributed by atoms with van der Waals surface area (Å²) in [6.07, 6.45) is 0. The van der Waals surface area contributed by atoms with E-state index >= 15 is 0 Å². The minimum atomic E-state index is -2.82. The summed E-state index contributed by atoms with van der Waals surface area (Å²) in [6.45, 7) is 0.0572. The molecule has 0 saturated carbocycles. The van der Waals surface area contributed by atoms with Crippen molar-refractivity contribution in [3.63, 3.8) is 0 Å². The van der Waals surface area contributed by atoms with E-state index in [2.05, 4.69) is 10.1 Å². The number of hydrogen-bond donors (Lipinski definition) is 1. The molecule has 1 rings (SSSR count). The second-order valence-corrected chi connectivity index (χ2v) is 3.42. The third kappa shape index (κ3) is 4.28. The van der Waals surface area contributed by atoms with E-state index in [1.807, 2.05) is 6.92 Å². The number of para-hydroxylation sites is 1. The predicted octanol–water partition coefficient (Wildman–Crippen LogP) is 2.59. The number of likely N-dealkylation sites (N-methyl/N-ethyl adjacent to an activating group) is 1. The Bertz CT molecular complexity index is 334. The van der Waals surface area contributed by atoms with Crippen molar-refractivity contribution in [2.24, 2.45) is 0 Å². The van der Waals surface area contributed by atoms with E-state index in [0.717, 1.165) is 0 Å². The van der Waals surface area contributed by atoms with Crippen molar-refractivity contribution in [3.8, 4) is 5.75 Å². The number of benzene rings is 1. The summed E-state index contributed by atoms with van der Waals surface area (Å²) in [4.78, 5) is 0. The molecule has 1 aromatic carbocycles. The minimum absolute atomic E-state index is 0.162. The summed E-state index contributed by atoms with van der Waals surface area (Å²) in [7, 11) is 1.75. The van der Waals surface area contributed by atoms with Crippen LogP contribution in [0, 0.1) is 0 Å². The van der Waals surface area contributed by atoms with E-state index in [1.54, 1.807) is 25.2 Å². The van der Waals surface area contributed by atoms with E-state index in [4.69, 9.17) is 4.74 Å². The molecule has 0 aliphatic rings. The largest absolute Gasteiger partial charge is 0.434 e. The summed E-state index contributed by atoms with van der Waals surface area (Å²) in [5, 5.41) is 3.02. The highest BCUT2D eigenvalue weighted by atomic mass is 19.3. The Morgan fingerprint density at radius 1 is 1.29 bits per heavy atom. The topological polar surface area (TPSA) is 30.5 Å². The molecule has 0 saturated heterocycles. The first kappa shape index (κ1) is 13.9. The number of halogens is 2. The van der Waals surface area contributed by atoms with Crippen molar-refractivity contribution in [1.82, 2.24) is 5.32 Å². The van der Waals surface area contributed by atoms with E-state index in [9.17, 15) is 8.78 Å². The van der Waals surface area contributed by atoms with Gasteiger partial charge in [-0.05, 0) is 20.0 Å². The fourth-order valence-electron chi connectivity index (χ4n) is 1.54. The third-order valence-electron chi connectivity index (χ3n) is 2.35. The maximum absolute atomic E-state index is 12.2. The molecule has 0 spiro atoms. The van der Waals surface area contributed by atoms with Crippen LogP contribution in [0.3, 0.4) is 0 Å². The molecule has 0 aliphatic heterocycles. The molecule has 0 radical (unpaired) electrons. The Morgan fingerprint density at radius 2 is 2.00 bits per heavy atom. The monoisotopic (exact) mass is 245 g/mol. The van der Waals surface area contributed by atoms with Gasteiger partial charge < -0.3 is 14.8 Å². The lowest BCUT2D eigenvalue weighted by Crippen LogP contribution is -2.23. The van der Waals surface area contributed by atoms with Crippen molar-refractivity contribution in [2.75, 3.05) is 20.3 Å². The second-order valence-electron chi connectivity index (χ2n) is 3.42. The summed E-state index contributed by atoms with van der Waals surface area (Å²) >= 11 is 0. The van der Waals surface area contributed by atoms with Crippen LogP contribution in [0.2, 0.25) is 0 Å². The van der Waals surface area contributed by atoms with Crippen molar-refractivity contribution < 1.29 is 18.3 Å². The van der Waals surface area contributed by atoms with E-state index in [0.29, 0.717) is 18.8 Å². The average molecular weight is 245 g/mol. The van der Waals surface area contributed by atoms with Gasteiger partial charge in [-0.1, -0.05) is 18.2 Å². The number of rotatable bonds is 7. The van der Waals surface area contributed by atoms with Crippen LogP contribution >= 0.6 is 0 Å². The lowest BCUT2D eigenvalue weighted by Gasteiger charge is -2.19. The van der Waals surface area contributed by atoms with Gasteiger partial charge in [0.15, 0.2) is 0 Å². The smallest absolute Gasteiger partial charge is 0.387 e. The zero-order valence-electron chi connectivity index (χ0n) is 9.95. The SMILES string of the molecule is CCOCC(NC)c1ccccc1OC(F)F. The first-order valence-corrected chi connectivity index (χ1v) is 5.47. The number of ether oxygens (including phenoxy) is 2. The first-order valence-electron chi connectivity index (χ1n) is 5.47. The van der Waals surface area contributed by atoms with Gasteiger partial charge in [-0.15, -0.1) is 0 Å². The van der Waals surface area contributed by atoms with Gasteiger partial charge in [0.1, 0.15) is 5.75 Å². The molecule has 3 nitrogen and oxygen atoms in total. The van der Waals surface area contributed by atoms with Crippen LogP contribution in [0.15, 0.2) is 24.3 Å².